The summed E-state index contributed by atoms with van der Waals surface area (Å²) in [6, 6.07) is 15.3. The van der Waals surface area contributed by atoms with E-state index in [1.165, 1.54) is 44.6 Å². The first kappa shape index (κ1) is 23.8. The number of aromatic carboxylic acids is 1. The molecular weight excluding hydrogens is 474 g/mol. The van der Waals surface area contributed by atoms with Gasteiger partial charge in [-0.1, -0.05) is 6.07 Å². The Balaban J connectivity index is 1.63. The number of anilines is 1. The van der Waals surface area contributed by atoms with Gasteiger partial charge < -0.3 is 19.0 Å². The normalized spacial score (nSPS) is 11.2. The third-order valence-electron chi connectivity index (χ3n) is 5.16. The van der Waals surface area contributed by atoms with Gasteiger partial charge in [-0.25, -0.2) is 13.2 Å². The van der Waals surface area contributed by atoms with Crippen LogP contribution in [0.1, 0.15) is 15.9 Å². The number of nitrogens with one attached hydrogen (secondary N) is 1. The number of aromatic nitrogens is 2. The van der Waals surface area contributed by atoms with Crippen LogP contribution in [0.15, 0.2) is 70.0 Å². The van der Waals surface area contributed by atoms with Gasteiger partial charge in [-0.3, -0.25) is 4.72 Å². The number of benzene rings is 3. The number of rotatable bonds is 8. The Kier molecular flexibility index (Phi) is 6.43. The second-order valence-corrected chi connectivity index (χ2v) is 9.10. The van der Waals surface area contributed by atoms with Crippen molar-refractivity contribution in [1.29, 1.82) is 0 Å². The minimum absolute atomic E-state index is 0.0168. The van der Waals surface area contributed by atoms with Gasteiger partial charge in [0.2, 0.25) is 11.8 Å². The molecule has 0 amide bonds. The highest BCUT2D eigenvalue weighted by Crippen LogP contribution is 2.33. The van der Waals surface area contributed by atoms with E-state index in [1.807, 2.05) is 0 Å². The highest BCUT2D eigenvalue weighted by atomic mass is 32.2. The fourth-order valence-electron chi connectivity index (χ4n) is 3.34. The van der Waals surface area contributed by atoms with Crippen LogP contribution in [0.2, 0.25) is 0 Å². The van der Waals surface area contributed by atoms with Gasteiger partial charge in [0.15, 0.2) is 11.5 Å². The number of hydrogen-bond donors (Lipinski definition) is 2. The molecule has 0 saturated heterocycles. The highest BCUT2D eigenvalue weighted by molar-refractivity contribution is 7.92. The second-order valence-electron chi connectivity index (χ2n) is 7.45. The van der Waals surface area contributed by atoms with Crippen LogP contribution in [0.25, 0.3) is 22.9 Å². The SMILES string of the molecule is COc1ccc(-c2nnc(-c3ccc(C)c(S(=O)(=O)Nc4ccc(C(=O)O)cc4)c3)o2)cc1OC. The van der Waals surface area contributed by atoms with Gasteiger partial charge in [0.05, 0.1) is 24.7 Å². The highest BCUT2D eigenvalue weighted by Gasteiger charge is 2.20. The molecule has 2 N–H and O–H groups in total. The van der Waals surface area contributed by atoms with Crippen molar-refractivity contribution in [2.75, 3.05) is 18.9 Å². The zero-order valence-electron chi connectivity index (χ0n) is 19.0. The molecule has 0 bridgehead atoms. The molecule has 180 valence electrons. The van der Waals surface area contributed by atoms with Crippen LogP contribution >= 0.6 is 0 Å². The maximum Gasteiger partial charge on any atom is 0.335 e. The molecule has 0 spiro atoms. The molecule has 0 fully saturated rings. The molecule has 0 saturated carbocycles. The number of methoxy groups -OCH3 is 2. The smallest absolute Gasteiger partial charge is 0.335 e. The lowest BCUT2D eigenvalue weighted by molar-refractivity contribution is 0.0697. The van der Waals surface area contributed by atoms with Crippen molar-refractivity contribution >= 4 is 21.7 Å². The predicted molar refractivity (Wildman–Crippen MR) is 127 cm³/mol. The van der Waals surface area contributed by atoms with E-state index in [1.54, 1.807) is 37.3 Å². The molecule has 1 aromatic heterocycles. The summed E-state index contributed by atoms with van der Waals surface area (Å²) in [6.07, 6.45) is 0. The molecule has 0 aliphatic carbocycles. The molecule has 0 atom stereocenters. The van der Waals surface area contributed by atoms with Crippen LogP contribution in [0, 0.1) is 6.92 Å². The third-order valence-corrected chi connectivity index (χ3v) is 6.69. The van der Waals surface area contributed by atoms with Crippen LogP contribution in [-0.4, -0.2) is 43.9 Å². The summed E-state index contributed by atoms with van der Waals surface area (Å²) in [5.41, 5.74) is 1.80. The number of hydrogen-bond acceptors (Lipinski definition) is 8. The van der Waals surface area contributed by atoms with Crippen LogP contribution < -0.4 is 14.2 Å². The quantitative estimate of drug-likeness (QED) is 0.367. The zero-order chi connectivity index (χ0) is 25.2. The summed E-state index contributed by atoms with van der Waals surface area (Å²) < 4.78 is 44.9. The second kappa shape index (κ2) is 9.47. The van der Waals surface area contributed by atoms with Crippen LogP contribution in [0.5, 0.6) is 11.5 Å². The summed E-state index contributed by atoms with van der Waals surface area (Å²) in [6.45, 7) is 1.66. The van der Waals surface area contributed by atoms with Crippen molar-refractivity contribution < 1.29 is 32.2 Å². The molecule has 0 aliphatic heterocycles. The van der Waals surface area contributed by atoms with Gasteiger partial charge >= 0.3 is 5.97 Å². The molecule has 0 radical (unpaired) electrons. The van der Waals surface area contributed by atoms with E-state index in [2.05, 4.69) is 14.9 Å². The van der Waals surface area contributed by atoms with Gasteiger partial charge in [0.1, 0.15) is 0 Å². The molecule has 3 aromatic carbocycles. The molecule has 0 aliphatic rings. The standard InChI is InChI=1S/C24H21N3O7S/c1-14-4-5-17(13-21(14)35(30,31)27-18-9-6-15(7-10-18)24(28)29)23-26-25-22(34-23)16-8-11-19(32-2)20(12-16)33-3/h4-13,27H,1-3H3,(H,28,29). The van der Waals surface area contributed by atoms with Crippen molar-refractivity contribution in [3.05, 3.63) is 71.8 Å². The third kappa shape index (κ3) is 4.94. The zero-order valence-corrected chi connectivity index (χ0v) is 19.8. The summed E-state index contributed by atoms with van der Waals surface area (Å²) >= 11 is 0. The topological polar surface area (TPSA) is 141 Å². The first-order valence-corrected chi connectivity index (χ1v) is 11.7. The summed E-state index contributed by atoms with van der Waals surface area (Å²) in [4.78, 5) is 11.0. The van der Waals surface area contributed by atoms with Crippen LogP contribution in [0.4, 0.5) is 5.69 Å². The van der Waals surface area contributed by atoms with Crippen molar-refractivity contribution in [3.63, 3.8) is 0 Å². The minimum Gasteiger partial charge on any atom is -0.493 e. The molecule has 4 rings (SSSR count). The Morgan fingerprint density at radius 3 is 2.09 bits per heavy atom. The van der Waals surface area contributed by atoms with Crippen molar-refractivity contribution in [2.24, 2.45) is 0 Å². The lowest BCUT2D eigenvalue weighted by Crippen LogP contribution is -2.14. The molecule has 11 heteroatoms. The largest absolute Gasteiger partial charge is 0.493 e. The average Bonchev–Trinajstić information content (AvgIpc) is 3.34. The number of carbonyl (C=O) groups is 1. The predicted octanol–water partition coefficient (Wildman–Crippen LogP) is 4.23. The Hall–Kier alpha value is -4.38. The van der Waals surface area contributed by atoms with Gasteiger partial charge in [-0.15, -0.1) is 10.2 Å². The Morgan fingerprint density at radius 2 is 1.49 bits per heavy atom. The van der Waals surface area contributed by atoms with E-state index in [-0.39, 0.29) is 27.9 Å². The van der Waals surface area contributed by atoms with Gasteiger partial charge in [0.25, 0.3) is 10.0 Å². The Labute approximate surface area is 201 Å². The van der Waals surface area contributed by atoms with Crippen molar-refractivity contribution in [3.8, 4) is 34.4 Å². The fourth-order valence-corrected chi connectivity index (χ4v) is 4.67. The van der Waals surface area contributed by atoms with E-state index >= 15 is 0 Å². The van der Waals surface area contributed by atoms with Crippen LogP contribution in [0.3, 0.4) is 0 Å². The summed E-state index contributed by atoms with van der Waals surface area (Å²) in [7, 11) is -0.937. The summed E-state index contributed by atoms with van der Waals surface area (Å²) in [5.74, 6) is 0.306. The minimum atomic E-state index is -3.99. The van der Waals surface area contributed by atoms with Gasteiger partial charge in [-0.05, 0) is 67.1 Å². The number of nitrogens with zero attached hydrogens (tertiary/aromatic N) is 2. The van der Waals surface area contributed by atoms with Crippen molar-refractivity contribution in [2.45, 2.75) is 11.8 Å². The molecular formula is C24H21N3O7S. The van der Waals surface area contributed by atoms with E-state index in [0.29, 0.717) is 28.2 Å². The molecule has 10 nitrogen and oxygen atoms in total. The van der Waals surface area contributed by atoms with Crippen LogP contribution in [-0.2, 0) is 10.0 Å². The lowest BCUT2D eigenvalue weighted by atomic mass is 10.1. The number of carboxylic acids is 1. The number of sulfonamides is 1. The van der Waals surface area contributed by atoms with E-state index in [4.69, 9.17) is 19.0 Å². The lowest BCUT2D eigenvalue weighted by Gasteiger charge is -2.11. The van der Waals surface area contributed by atoms with Crippen molar-refractivity contribution in [1.82, 2.24) is 10.2 Å². The molecule has 0 unspecified atom stereocenters. The molecule has 35 heavy (non-hydrogen) atoms. The maximum absolute atomic E-state index is 13.1. The Morgan fingerprint density at radius 1 is 0.886 bits per heavy atom. The van der Waals surface area contributed by atoms with E-state index in [0.717, 1.165) is 0 Å². The van der Waals surface area contributed by atoms with E-state index in [9.17, 15) is 13.2 Å². The number of carboxylic acid groups (broad SMARTS) is 1. The van der Waals surface area contributed by atoms with Gasteiger partial charge in [-0.2, -0.15) is 0 Å². The first-order chi connectivity index (χ1) is 16.7. The summed E-state index contributed by atoms with van der Waals surface area (Å²) in [5, 5.41) is 17.2. The Bertz CT molecular complexity index is 1500. The molecule has 4 aromatic rings. The number of ether oxygens (including phenoxy) is 2. The molecule has 1 heterocycles. The number of aryl methyl sites for hydroxylation is 1. The van der Waals surface area contributed by atoms with E-state index < -0.39 is 16.0 Å². The fraction of sp³-hybridized carbons (Fsp3) is 0.125. The average molecular weight is 496 g/mol. The first-order valence-electron chi connectivity index (χ1n) is 10.2. The maximum atomic E-state index is 13.1. The monoisotopic (exact) mass is 495 g/mol. The van der Waals surface area contributed by atoms with Gasteiger partial charge in [0, 0.05) is 16.8 Å².